The van der Waals surface area contributed by atoms with Gasteiger partial charge in [0.05, 0.1) is 18.9 Å². The highest BCUT2D eigenvalue weighted by Crippen LogP contribution is 2.29. The largest absolute Gasteiger partial charge is 0.355 e. The molecule has 1 aromatic carbocycles. The zero-order chi connectivity index (χ0) is 19.7. The van der Waals surface area contributed by atoms with E-state index in [9.17, 15) is 4.79 Å². The molecule has 6 nitrogen and oxygen atoms in total. The van der Waals surface area contributed by atoms with Gasteiger partial charge in [0.15, 0.2) is 11.5 Å². The van der Waals surface area contributed by atoms with E-state index in [2.05, 4.69) is 43.4 Å². The van der Waals surface area contributed by atoms with Crippen molar-refractivity contribution in [3.8, 4) is 11.3 Å². The first-order chi connectivity index (χ1) is 12.7. The van der Waals surface area contributed by atoms with E-state index in [1.54, 1.807) is 6.92 Å². The SMILES string of the molecule is Cc1noc(-c2ccc(C(C)(C)C)cc2)c1C(=O)NCCC1(C)OCCO1. The standard InChI is InChI=1S/C21H28N2O4/c1-14-17(19(24)22-11-10-21(5)25-12-13-26-21)18(27-23-14)15-6-8-16(9-7-15)20(2,3)4/h6-9H,10-13H2,1-5H3,(H,22,24). The van der Waals surface area contributed by atoms with Gasteiger partial charge in [-0.15, -0.1) is 0 Å². The third-order valence-electron chi connectivity index (χ3n) is 4.87. The number of ether oxygens (including phenoxy) is 2. The van der Waals surface area contributed by atoms with Gasteiger partial charge in [-0.1, -0.05) is 50.2 Å². The molecule has 1 fully saturated rings. The number of hydrogen-bond acceptors (Lipinski definition) is 5. The van der Waals surface area contributed by atoms with Crippen molar-refractivity contribution in [2.24, 2.45) is 0 Å². The molecule has 1 amide bonds. The van der Waals surface area contributed by atoms with Crippen LogP contribution in [0.2, 0.25) is 0 Å². The minimum atomic E-state index is -0.622. The summed E-state index contributed by atoms with van der Waals surface area (Å²) in [6.45, 7) is 11.8. The highest BCUT2D eigenvalue weighted by atomic mass is 16.7. The summed E-state index contributed by atoms with van der Waals surface area (Å²) in [5, 5.41) is 6.92. The molecule has 27 heavy (non-hydrogen) atoms. The van der Waals surface area contributed by atoms with Crippen molar-refractivity contribution in [3.63, 3.8) is 0 Å². The maximum absolute atomic E-state index is 12.7. The molecule has 2 aromatic rings. The summed E-state index contributed by atoms with van der Waals surface area (Å²) < 4.78 is 16.6. The zero-order valence-corrected chi connectivity index (χ0v) is 16.7. The maximum Gasteiger partial charge on any atom is 0.257 e. The molecule has 1 aliphatic rings. The van der Waals surface area contributed by atoms with Crippen molar-refractivity contribution in [1.29, 1.82) is 0 Å². The molecule has 0 saturated carbocycles. The summed E-state index contributed by atoms with van der Waals surface area (Å²) in [6.07, 6.45) is 0.582. The van der Waals surface area contributed by atoms with Crippen LogP contribution in [-0.2, 0) is 14.9 Å². The van der Waals surface area contributed by atoms with Crippen LogP contribution in [0.3, 0.4) is 0 Å². The second-order valence-corrected chi connectivity index (χ2v) is 8.14. The van der Waals surface area contributed by atoms with Gasteiger partial charge in [-0.05, 0) is 24.8 Å². The minimum Gasteiger partial charge on any atom is -0.355 e. The van der Waals surface area contributed by atoms with E-state index in [4.69, 9.17) is 14.0 Å². The van der Waals surface area contributed by atoms with Crippen LogP contribution in [0, 0.1) is 6.92 Å². The molecule has 0 spiro atoms. The van der Waals surface area contributed by atoms with Gasteiger partial charge in [0, 0.05) is 18.5 Å². The van der Waals surface area contributed by atoms with Gasteiger partial charge in [0.1, 0.15) is 5.56 Å². The highest BCUT2D eigenvalue weighted by Gasteiger charge is 2.31. The number of carbonyl (C=O) groups excluding carboxylic acids is 1. The van der Waals surface area contributed by atoms with Gasteiger partial charge in [0.25, 0.3) is 5.91 Å². The lowest BCUT2D eigenvalue weighted by atomic mass is 9.86. The number of amides is 1. The van der Waals surface area contributed by atoms with Crippen molar-refractivity contribution in [2.45, 2.75) is 52.2 Å². The normalized spacial score (nSPS) is 16.5. The molecule has 146 valence electrons. The number of carbonyl (C=O) groups is 1. The number of hydrogen-bond donors (Lipinski definition) is 1. The molecule has 1 N–H and O–H groups in total. The second kappa shape index (κ2) is 7.44. The summed E-state index contributed by atoms with van der Waals surface area (Å²) in [5.74, 6) is -0.335. The molecule has 0 unspecified atom stereocenters. The molecule has 1 aliphatic heterocycles. The molecule has 0 radical (unpaired) electrons. The average molecular weight is 372 g/mol. The molecule has 1 aromatic heterocycles. The Morgan fingerprint density at radius 2 is 1.81 bits per heavy atom. The minimum absolute atomic E-state index is 0.0660. The molecule has 2 heterocycles. The zero-order valence-electron chi connectivity index (χ0n) is 16.7. The van der Waals surface area contributed by atoms with Crippen LogP contribution in [0.4, 0.5) is 0 Å². The molecular formula is C21H28N2O4. The van der Waals surface area contributed by atoms with E-state index >= 15 is 0 Å². The Bertz CT molecular complexity index is 797. The lowest BCUT2D eigenvalue weighted by Crippen LogP contribution is -2.33. The summed E-state index contributed by atoms with van der Waals surface area (Å²) in [6, 6.07) is 8.06. The fraction of sp³-hybridized carbons (Fsp3) is 0.524. The van der Waals surface area contributed by atoms with E-state index in [1.807, 2.05) is 19.1 Å². The number of aryl methyl sites for hydroxylation is 1. The smallest absolute Gasteiger partial charge is 0.257 e. The molecule has 0 atom stereocenters. The van der Waals surface area contributed by atoms with Crippen LogP contribution in [0.25, 0.3) is 11.3 Å². The second-order valence-electron chi connectivity index (χ2n) is 8.14. The van der Waals surface area contributed by atoms with Crippen LogP contribution in [0.5, 0.6) is 0 Å². The van der Waals surface area contributed by atoms with Crippen LogP contribution in [0.1, 0.15) is 55.7 Å². The Morgan fingerprint density at radius 3 is 2.41 bits per heavy atom. The molecule has 1 saturated heterocycles. The van der Waals surface area contributed by atoms with E-state index in [-0.39, 0.29) is 11.3 Å². The van der Waals surface area contributed by atoms with Gasteiger partial charge < -0.3 is 19.3 Å². The summed E-state index contributed by atoms with van der Waals surface area (Å²) in [5.41, 5.74) is 3.16. The first-order valence-electron chi connectivity index (χ1n) is 9.33. The van der Waals surface area contributed by atoms with Crippen molar-refractivity contribution in [3.05, 3.63) is 41.1 Å². The number of nitrogens with one attached hydrogen (secondary N) is 1. The number of benzene rings is 1. The molecule has 0 aliphatic carbocycles. The predicted molar refractivity (Wildman–Crippen MR) is 103 cm³/mol. The Hall–Kier alpha value is -2.18. The van der Waals surface area contributed by atoms with E-state index in [1.165, 1.54) is 5.56 Å². The summed E-state index contributed by atoms with van der Waals surface area (Å²) in [7, 11) is 0. The van der Waals surface area contributed by atoms with Gasteiger partial charge in [-0.25, -0.2) is 0 Å². The quantitative estimate of drug-likeness (QED) is 0.863. The van der Waals surface area contributed by atoms with Gasteiger partial charge in [-0.2, -0.15) is 0 Å². The van der Waals surface area contributed by atoms with Gasteiger partial charge in [0.2, 0.25) is 0 Å². The Labute approximate surface area is 160 Å². The van der Waals surface area contributed by atoms with Gasteiger partial charge >= 0.3 is 0 Å². The lowest BCUT2D eigenvalue weighted by Gasteiger charge is -2.22. The van der Waals surface area contributed by atoms with Crippen LogP contribution < -0.4 is 5.32 Å². The van der Waals surface area contributed by atoms with Crippen molar-refractivity contribution in [1.82, 2.24) is 10.5 Å². The first kappa shape index (κ1) is 19.6. The topological polar surface area (TPSA) is 73.6 Å². The molecule has 0 bridgehead atoms. The fourth-order valence-corrected chi connectivity index (χ4v) is 3.15. The summed E-state index contributed by atoms with van der Waals surface area (Å²) in [4.78, 5) is 12.7. The Balaban J connectivity index is 1.73. The monoisotopic (exact) mass is 372 g/mol. The van der Waals surface area contributed by atoms with E-state index in [0.29, 0.717) is 43.2 Å². The fourth-order valence-electron chi connectivity index (χ4n) is 3.15. The highest BCUT2D eigenvalue weighted by molar-refractivity contribution is 6.00. The first-order valence-corrected chi connectivity index (χ1v) is 9.33. The van der Waals surface area contributed by atoms with Crippen LogP contribution >= 0.6 is 0 Å². The lowest BCUT2D eigenvalue weighted by molar-refractivity contribution is -0.145. The molecule has 3 rings (SSSR count). The number of nitrogens with zero attached hydrogens (tertiary/aromatic N) is 1. The Kier molecular flexibility index (Phi) is 5.40. The average Bonchev–Trinajstić information content (AvgIpc) is 3.20. The van der Waals surface area contributed by atoms with Crippen molar-refractivity contribution in [2.75, 3.05) is 19.8 Å². The summed E-state index contributed by atoms with van der Waals surface area (Å²) >= 11 is 0. The van der Waals surface area contributed by atoms with Crippen LogP contribution in [0.15, 0.2) is 28.8 Å². The van der Waals surface area contributed by atoms with E-state index < -0.39 is 5.79 Å². The maximum atomic E-state index is 12.7. The van der Waals surface area contributed by atoms with Crippen molar-refractivity contribution < 1.29 is 18.8 Å². The third-order valence-corrected chi connectivity index (χ3v) is 4.87. The van der Waals surface area contributed by atoms with Crippen LogP contribution in [-0.4, -0.2) is 36.6 Å². The van der Waals surface area contributed by atoms with Crippen molar-refractivity contribution >= 4 is 5.91 Å². The number of rotatable bonds is 5. The predicted octanol–water partition coefficient (Wildman–Crippen LogP) is 3.83. The number of aromatic nitrogens is 1. The molecule has 6 heteroatoms. The van der Waals surface area contributed by atoms with Gasteiger partial charge in [-0.3, -0.25) is 4.79 Å². The van der Waals surface area contributed by atoms with E-state index in [0.717, 1.165) is 5.56 Å². The Morgan fingerprint density at radius 1 is 1.19 bits per heavy atom. The molecular weight excluding hydrogens is 344 g/mol. The third kappa shape index (κ3) is 4.39.